The van der Waals surface area contributed by atoms with E-state index in [2.05, 4.69) is 6.07 Å². The van der Waals surface area contributed by atoms with E-state index in [4.69, 9.17) is 5.26 Å². The molecule has 1 saturated heterocycles. The molecule has 1 heterocycles. The van der Waals surface area contributed by atoms with E-state index in [1.807, 2.05) is 20.8 Å². The minimum atomic E-state index is -3.36. The van der Waals surface area contributed by atoms with Crippen molar-refractivity contribution >= 4 is 10.2 Å². The van der Waals surface area contributed by atoms with Crippen molar-refractivity contribution in [2.75, 3.05) is 20.1 Å². The predicted octanol–water partition coefficient (Wildman–Crippen LogP) is 1.20. The van der Waals surface area contributed by atoms with Gasteiger partial charge in [-0.1, -0.05) is 0 Å². The number of rotatable bonds is 3. The molecule has 17 heavy (non-hydrogen) atoms. The van der Waals surface area contributed by atoms with Crippen molar-refractivity contribution < 1.29 is 8.42 Å². The van der Waals surface area contributed by atoms with Crippen molar-refractivity contribution in [1.29, 1.82) is 5.26 Å². The van der Waals surface area contributed by atoms with Crippen molar-refractivity contribution in [2.24, 2.45) is 5.41 Å². The minimum Gasteiger partial charge on any atom is -0.198 e. The van der Waals surface area contributed by atoms with Gasteiger partial charge in [-0.25, -0.2) is 0 Å². The quantitative estimate of drug-likeness (QED) is 0.765. The van der Waals surface area contributed by atoms with E-state index in [1.165, 1.54) is 8.61 Å². The Bertz CT molecular complexity index is 403. The Hall–Kier alpha value is -0.640. The Morgan fingerprint density at radius 2 is 1.82 bits per heavy atom. The molecule has 0 aromatic rings. The molecule has 0 aromatic heterocycles. The Kier molecular flexibility index (Phi) is 4.18. The summed E-state index contributed by atoms with van der Waals surface area (Å²) in [6, 6.07) is 2.22. The molecule has 6 heteroatoms. The van der Waals surface area contributed by atoms with E-state index >= 15 is 0 Å². The zero-order valence-electron chi connectivity index (χ0n) is 11.0. The van der Waals surface area contributed by atoms with Gasteiger partial charge in [0.05, 0.1) is 11.5 Å². The van der Waals surface area contributed by atoms with Crippen LogP contribution < -0.4 is 0 Å². The van der Waals surface area contributed by atoms with Gasteiger partial charge >= 0.3 is 0 Å². The first-order valence-corrected chi connectivity index (χ1v) is 7.27. The Morgan fingerprint density at radius 3 is 2.18 bits per heavy atom. The summed E-state index contributed by atoms with van der Waals surface area (Å²) in [5, 5.41) is 9.01. The molecule has 1 rings (SSSR count). The van der Waals surface area contributed by atoms with Crippen LogP contribution in [0.4, 0.5) is 0 Å². The largest absolute Gasteiger partial charge is 0.281 e. The summed E-state index contributed by atoms with van der Waals surface area (Å²) < 4.78 is 27.2. The summed E-state index contributed by atoms with van der Waals surface area (Å²) in [5.41, 5.74) is -0.373. The maximum absolute atomic E-state index is 12.2. The van der Waals surface area contributed by atoms with Crippen molar-refractivity contribution in [2.45, 2.75) is 39.7 Å². The van der Waals surface area contributed by atoms with E-state index in [1.54, 1.807) is 7.05 Å². The first-order valence-electron chi connectivity index (χ1n) is 5.87. The van der Waals surface area contributed by atoms with Gasteiger partial charge in [0, 0.05) is 26.2 Å². The lowest BCUT2D eigenvalue weighted by Crippen LogP contribution is -2.49. The lowest BCUT2D eigenvalue weighted by atomic mass is 9.83. The van der Waals surface area contributed by atoms with Gasteiger partial charge in [-0.15, -0.1) is 0 Å². The molecule has 0 unspecified atom stereocenters. The molecular weight excluding hydrogens is 238 g/mol. The van der Waals surface area contributed by atoms with Gasteiger partial charge in [-0.05, 0) is 33.6 Å². The molecule has 0 bridgehead atoms. The van der Waals surface area contributed by atoms with Crippen LogP contribution >= 0.6 is 0 Å². The normalized spacial score (nSPS) is 21.7. The molecule has 0 atom stereocenters. The van der Waals surface area contributed by atoms with Crippen LogP contribution in [0.2, 0.25) is 0 Å². The number of nitrogens with zero attached hydrogens (tertiary/aromatic N) is 3. The fraction of sp³-hybridized carbons (Fsp3) is 0.909. The SMILES string of the molecule is CC(C)N(C)S(=O)(=O)N1CCC(C)(C#N)CC1. The average Bonchev–Trinajstić information content (AvgIpc) is 2.28. The highest BCUT2D eigenvalue weighted by Gasteiger charge is 2.36. The van der Waals surface area contributed by atoms with Gasteiger partial charge in [-0.2, -0.15) is 22.3 Å². The Labute approximate surface area is 104 Å². The zero-order valence-corrected chi connectivity index (χ0v) is 11.8. The van der Waals surface area contributed by atoms with Crippen LogP contribution in [0.25, 0.3) is 0 Å². The second-order valence-electron chi connectivity index (χ2n) is 5.19. The lowest BCUT2D eigenvalue weighted by Gasteiger charge is -2.36. The third-order valence-corrected chi connectivity index (χ3v) is 5.68. The summed E-state index contributed by atoms with van der Waals surface area (Å²) in [7, 11) is -1.77. The molecule has 0 saturated carbocycles. The van der Waals surface area contributed by atoms with Gasteiger partial charge < -0.3 is 0 Å². The molecule has 98 valence electrons. The third kappa shape index (κ3) is 2.97. The van der Waals surface area contributed by atoms with Crippen LogP contribution in [0.15, 0.2) is 0 Å². The number of nitriles is 1. The van der Waals surface area contributed by atoms with E-state index in [0.717, 1.165) is 0 Å². The molecule has 0 N–H and O–H groups in total. The maximum Gasteiger partial charge on any atom is 0.281 e. The average molecular weight is 259 g/mol. The molecule has 1 fully saturated rings. The highest BCUT2D eigenvalue weighted by Crippen LogP contribution is 2.31. The van der Waals surface area contributed by atoms with E-state index in [-0.39, 0.29) is 11.5 Å². The summed E-state index contributed by atoms with van der Waals surface area (Å²) in [6.45, 7) is 6.46. The highest BCUT2D eigenvalue weighted by atomic mass is 32.2. The summed E-state index contributed by atoms with van der Waals surface area (Å²) in [6.07, 6.45) is 1.21. The highest BCUT2D eigenvalue weighted by molar-refractivity contribution is 7.86. The fourth-order valence-electron chi connectivity index (χ4n) is 1.77. The van der Waals surface area contributed by atoms with Crippen molar-refractivity contribution in [3.8, 4) is 6.07 Å². The molecule has 1 aliphatic heterocycles. The summed E-state index contributed by atoms with van der Waals surface area (Å²) in [4.78, 5) is 0. The van der Waals surface area contributed by atoms with Crippen LogP contribution in [0, 0.1) is 16.7 Å². The predicted molar refractivity (Wildman–Crippen MR) is 66.3 cm³/mol. The molecule has 0 amide bonds. The third-order valence-electron chi connectivity index (χ3n) is 3.51. The van der Waals surface area contributed by atoms with Gasteiger partial charge in [0.1, 0.15) is 0 Å². The molecule has 0 aliphatic carbocycles. The second kappa shape index (κ2) is 4.92. The molecule has 5 nitrogen and oxygen atoms in total. The lowest BCUT2D eigenvalue weighted by molar-refractivity contribution is 0.218. The van der Waals surface area contributed by atoms with Crippen molar-refractivity contribution in [1.82, 2.24) is 8.61 Å². The number of hydrogen-bond acceptors (Lipinski definition) is 3. The second-order valence-corrected chi connectivity index (χ2v) is 7.18. The summed E-state index contributed by atoms with van der Waals surface area (Å²) >= 11 is 0. The molecular formula is C11H21N3O2S. The van der Waals surface area contributed by atoms with E-state index < -0.39 is 10.2 Å². The van der Waals surface area contributed by atoms with E-state index in [0.29, 0.717) is 25.9 Å². The molecule has 1 aliphatic rings. The Morgan fingerprint density at radius 1 is 1.35 bits per heavy atom. The standard InChI is InChI=1S/C11H21N3O2S/c1-10(2)13(4)17(15,16)14-7-5-11(3,9-12)6-8-14/h10H,5-8H2,1-4H3. The maximum atomic E-state index is 12.2. The topological polar surface area (TPSA) is 64.4 Å². The Balaban J connectivity index is 2.76. The molecule has 0 aromatic carbocycles. The van der Waals surface area contributed by atoms with Crippen LogP contribution in [-0.4, -0.2) is 43.2 Å². The van der Waals surface area contributed by atoms with E-state index in [9.17, 15) is 8.42 Å². The number of hydrogen-bond donors (Lipinski definition) is 0. The van der Waals surface area contributed by atoms with Crippen LogP contribution in [0.3, 0.4) is 0 Å². The van der Waals surface area contributed by atoms with Crippen LogP contribution in [0.5, 0.6) is 0 Å². The monoisotopic (exact) mass is 259 g/mol. The first kappa shape index (κ1) is 14.4. The minimum absolute atomic E-state index is 0.0516. The van der Waals surface area contributed by atoms with Crippen LogP contribution in [0.1, 0.15) is 33.6 Å². The van der Waals surface area contributed by atoms with Gasteiger partial charge in [0.15, 0.2) is 0 Å². The molecule has 0 radical (unpaired) electrons. The van der Waals surface area contributed by atoms with Gasteiger partial charge in [0.25, 0.3) is 10.2 Å². The van der Waals surface area contributed by atoms with Crippen molar-refractivity contribution in [3.05, 3.63) is 0 Å². The zero-order chi connectivity index (χ0) is 13.3. The van der Waals surface area contributed by atoms with Crippen molar-refractivity contribution in [3.63, 3.8) is 0 Å². The number of piperidine rings is 1. The first-order chi connectivity index (χ1) is 7.73. The van der Waals surface area contributed by atoms with Crippen LogP contribution in [-0.2, 0) is 10.2 Å². The van der Waals surface area contributed by atoms with Gasteiger partial charge in [0.2, 0.25) is 0 Å². The fourth-order valence-corrected chi connectivity index (χ4v) is 3.31. The van der Waals surface area contributed by atoms with Gasteiger partial charge in [-0.3, -0.25) is 0 Å². The molecule has 0 spiro atoms. The smallest absolute Gasteiger partial charge is 0.198 e. The summed E-state index contributed by atoms with van der Waals surface area (Å²) in [5.74, 6) is 0.